The molecule has 0 unspecified atom stereocenters. The van der Waals surface area contributed by atoms with Crippen molar-refractivity contribution in [2.24, 2.45) is 0 Å². The summed E-state index contributed by atoms with van der Waals surface area (Å²) in [5.74, 6) is 0. The second kappa shape index (κ2) is 7.19. The van der Waals surface area contributed by atoms with Gasteiger partial charge < -0.3 is 0 Å². The predicted molar refractivity (Wildman–Crippen MR) is 118 cm³/mol. The van der Waals surface area contributed by atoms with E-state index in [1.165, 1.54) is 0 Å². The Kier molecular flexibility index (Phi) is 4.20. The fourth-order valence-corrected chi connectivity index (χ4v) is 4.06. The Morgan fingerprint density at radius 2 is 1.50 bits per heavy atom. The smallest absolute Gasteiger partial charge is 0.233 e. The number of rotatable bonds is 1. The molecule has 6 nitrogen and oxygen atoms in total. The van der Waals surface area contributed by atoms with Crippen LogP contribution < -0.4 is 0 Å². The third-order valence-corrected chi connectivity index (χ3v) is 5.44. The van der Waals surface area contributed by atoms with Gasteiger partial charge in [0, 0.05) is 11.1 Å². The summed E-state index contributed by atoms with van der Waals surface area (Å²) >= 11 is 0. The van der Waals surface area contributed by atoms with E-state index in [4.69, 9.17) is 6.57 Å². The quantitative estimate of drug-likeness (QED) is 0.280. The number of fused-ring (bicyclic) bond motifs is 4. The number of hydrogen-bond donors (Lipinski definition) is 0. The zero-order chi connectivity index (χ0) is 22.2. The third kappa shape index (κ3) is 2.62. The van der Waals surface area contributed by atoms with Crippen molar-refractivity contribution in [1.82, 2.24) is 9.97 Å². The molecule has 0 fully saturated rings. The van der Waals surface area contributed by atoms with E-state index in [0.717, 1.165) is 21.9 Å². The molecule has 6 heteroatoms. The second-order valence-corrected chi connectivity index (χ2v) is 7.08. The number of nitrogens with zero attached hydrogens (tertiary/aromatic N) is 6. The molecule has 144 valence electrons. The van der Waals surface area contributed by atoms with Crippen molar-refractivity contribution in [1.29, 1.82) is 15.8 Å². The van der Waals surface area contributed by atoms with Crippen molar-refractivity contribution in [2.45, 2.75) is 0 Å². The second-order valence-electron chi connectivity index (χ2n) is 7.08. The first kappa shape index (κ1) is 18.7. The van der Waals surface area contributed by atoms with Gasteiger partial charge in [-0.25, -0.2) is 20.1 Å². The van der Waals surface area contributed by atoms with E-state index in [2.05, 4.69) is 14.8 Å². The molecule has 1 aliphatic rings. The van der Waals surface area contributed by atoms with Crippen LogP contribution in [0.3, 0.4) is 0 Å². The average molecular weight is 406 g/mol. The molecule has 0 spiro atoms. The highest BCUT2D eigenvalue weighted by molar-refractivity contribution is 6.04. The highest BCUT2D eigenvalue weighted by Crippen LogP contribution is 2.46. The summed E-state index contributed by atoms with van der Waals surface area (Å²) in [5, 5.41) is 30.5. The number of benzene rings is 3. The summed E-state index contributed by atoms with van der Waals surface area (Å²) in [7, 11) is 0. The maximum atomic E-state index is 9.61. The van der Waals surface area contributed by atoms with Crippen LogP contribution in [0.1, 0.15) is 22.6 Å². The van der Waals surface area contributed by atoms with E-state index < -0.39 is 0 Å². The minimum Gasteiger partial charge on any atom is -0.233 e. The van der Waals surface area contributed by atoms with E-state index in [1.54, 1.807) is 0 Å². The van der Waals surface area contributed by atoms with Gasteiger partial charge in [0.2, 0.25) is 0 Å². The summed E-state index contributed by atoms with van der Waals surface area (Å²) in [6.45, 7) is 7.49. The molecule has 1 aliphatic carbocycles. The fraction of sp³-hybridized carbons (Fsp3) is 0. The summed E-state index contributed by atoms with van der Waals surface area (Å²) in [5.41, 5.74) is 3.88. The molecule has 0 radical (unpaired) electrons. The molecule has 0 amide bonds. The van der Waals surface area contributed by atoms with Crippen LogP contribution in [0, 0.1) is 40.6 Å². The van der Waals surface area contributed by atoms with Gasteiger partial charge in [-0.15, -0.1) is 0 Å². The molecule has 4 aromatic rings. The molecule has 0 atom stereocenters. The average Bonchev–Trinajstić information content (AvgIpc) is 3.16. The van der Waals surface area contributed by atoms with Crippen molar-refractivity contribution in [3.63, 3.8) is 0 Å². The zero-order valence-corrected chi connectivity index (χ0v) is 16.5. The normalized spacial score (nSPS) is 12.6. The Bertz CT molecular complexity index is 1650. The fourth-order valence-electron chi connectivity index (χ4n) is 4.06. The summed E-state index contributed by atoms with van der Waals surface area (Å²) in [4.78, 5) is 12.0. The van der Waals surface area contributed by atoms with Gasteiger partial charge in [-0.05, 0) is 33.5 Å². The van der Waals surface area contributed by atoms with Crippen LogP contribution in [0.2, 0.25) is 0 Å². The number of nitriles is 3. The SMILES string of the molecule is [C-]#[N+]/C(C#N)=C1\c2cc(-c3cccc4ccccc34)ccc2-c2nc(C#N)c(C#N)nc21. The molecular weight excluding hydrogens is 396 g/mol. The maximum absolute atomic E-state index is 9.61. The van der Waals surface area contributed by atoms with Crippen molar-refractivity contribution in [3.05, 3.63) is 100 Å². The van der Waals surface area contributed by atoms with Crippen LogP contribution in [-0.4, -0.2) is 9.97 Å². The predicted octanol–water partition coefficient (Wildman–Crippen LogP) is 5.22. The lowest BCUT2D eigenvalue weighted by Gasteiger charge is -2.10. The molecular formula is C26H10N6. The zero-order valence-electron chi connectivity index (χ0n) is 16.5. The lowest BCUT2D eigenvalue weighted by Crippen LogP contribution is -2.00. The Balaban J connectivity index is 1.84. The third-order valence-electron chi connectivity index (χ3n) is 5.44. The van der Waals surface area contributed by atoms with Crippen LogP contribution in [0.25, 0.3) is 43.6 Å². The molecule has 0 aliphatic heterocycles. The van der Waals surface area contributed by atoms with Crippen LogP contribution >= 0.6 is 0 Å². The van der Waals surface area contributed by atoms with Crippen molar-refractivity contribution in [3.8, 4) is 40.6 Å². The number of aromatic nitrogens is 2. The number of allylic oxidation sites excluding steroid dienone is 1. The molecule has 3 aromatic carbocycles. The molecule has 0 saturated carbocycles. The molecule has 0 N–H and O–H groups in total. The van der Waals surface area contributed by atoms with E-state index in [9.17, 15) is 15.8 Å². The maximum Gasteiger partial charge on any atom is 0.271 e. The van der Waals surface area contributed by atoms with Crippen LogP contribution in [0.4, 0.5) is 0 Å². The van der Waals surface area contributed by atoms with Gasteiger partial charge in [-0.2, -0.15) is 10.5 Å². The minimum atomic E-state index is -0.136. The van der Waals surface area contributed by atoms with Gasteiger partial charge in [0.05, 0.1) is 24.0 Å². The van der Waals surface area contributed by atoms with Crippen LogP contribution in [0.15, 0.2) is 66.4 Å². The van der Waals surface area contributed by atoms with E-state index in [1.807, 2.05) is 78.9 Å². The molecule has 1 heterocycles. The van der Waals surface area contributed by atoms with Crippen molar-refractivity contribution < 1.29 is 0 Å². The lowest BCUT2D eigenvalue weighted by atomic mass is 9.94. The van der Waals surface area contributed by atoms with Crippen molar-refractivity contribution >= 4 is 16.3 Å². The first-order valence-corrected chi connectivity index (χ1v) is 9.57. The van der Waals surface area contributed by atoms with Gasteiger partial charge in [0.15, 0.2) is 11.4 Å². The van der Waals surface area contributed by atoms with E-state index in [0.29, 0.717) is 22.4 Å². The van der Waals surface area contributed by atoms with Gasteiger partial charge in [0.1, 0.15) is 12.1 Å². The standard InChI is InChI=1S/C26H10N6/c1-30-23(14-29)24-20-11-16(18-8-4-6-15-5-2-3-7-17(15)18)9-10-19(20)25-26(24)32-22(13-28)21(12-27)31-25/h2-11H/b24-23+. The Hall–Kier alpha value is -5.30. The van der Waals surface area contributed by atoms with E-state index >= 15 is 0 Å². The first-order valence-electron chi connectivity index (χ1n) is 9.57. The van der Waals surface area contributed by atoms with Gasteiger partial charge >= 0.3 is 0 Å². The molecule has 0 saturated heterocycles. The summed E-state index contributed by atoms with van der Waals surface area (Å²) < 4.78 is 0. The first-order chi connectivity index (χ1) is 15.7. The summed E-state index contributed by atoms with van der Waals surface area (Å²) in [6.07, 6.45) is 0. The van der Waals surface area contributed by atoms with Crippen LogP contribution in [0.5, 0.6) is 0 Å². The van der Waals surface area contributed by atoms with Crippen LogP contribution in [-0.2, 0) is 0 Å². The largest absolute Gasteiger partial charge is 0.271 e. The monoisotopic (exact) mass is 406 g/mol. The van der Waals surface area contributed by atoms with Gasteiger partial charge in [-0.1, -0.05) is 54.6 Å². The molecule has 1 aromatic heterocycles. The topological polar surface area (TPSA) is 102 Å². The highest BCUT2D eigenvalue weighted by Gasteiger charge is 2.31. The number of hydrogen-bond acceptors (Lipinski definition) is 5. The lowest BCUT2D eigenvalue weighted by molar-refractivity contribution is 1.12. The Morgan fingerprint density at radius 1 is 0.781 bits per heavy atom. The van der Waals surface area contributed by atoms with Gasteiger partial charge in [-0.3, -0.25) is 0 Å². The Morgan fingerprint density at radius 3 is 2.22 bits per heavy atom. The highest BCUT2D eigenvalue weighted by atomic mass is 14.9. The molecule has 5 rings (SSSR count). The molecule has 0 bridgehead atoms. The summed E-state index contributed by atoms with van der Waals surface area (Å²) in [6, 6.07) is 25.5. The molecule has 32 heavy (non-hydrogen) atoms. The Labute approximate surface area is 183 Å². The minimum absolute atomic E-state index is 0.0853. The van der Waals surface area contributed by atoms with Gasteiger partial charge in [0.25, 0.3) is 5.70 Å². The van der Waals surface area contributed by atoms with E-state index in [-0.39, 0.29) is 22.8 Å². The van der Waals surface area contributed by atoms with Crippen molar-refractivity contribution in [2.75, 3.05) is 0 Å².